The maximum atomic E-state index is 13.4. The molecule has 0 amide bonds. The molecule has 0 aliphatic carbocycles. The minimum absolute atomic E-state index is 0.0923. The molecule has 0 aliphatic rings. The van der Waals surface area contributed by atoms with Crippen LogP contribution in [0.5, 0.6) is 0 Å². The number of nitrogens with zero attached hydrogens (tertiary/aromatic N) is 4. The van der Waals surface area contributed by atoms with Crippen molar-refractivity contribution in [2.24, 2.45) is 0 Å². The minimum atomic E-state index is -0.296. The van der Waals surface area contributed by atoms with Crippen molar-refractivity contribution in [1.29, 1.82) is 0 Å². The van der Waals surface area contributed by atoms with Gasteiger partial charge in [-0.25, -0.2) is 14.4 Å². The zero-order valence-corrected chi connectivity index (χ0v) is 13.9. The quantitative estimate of drug-likeness (QED) is 0.525. The average molecular weight is 358 g/mol. The van der Waals surface area contributed by atoms with E-state index >= 15 is 0 Å². The molecule has 0 aliphatic heterocycles. The monoisotopic (exact) mass is 358 g/mol. The van der Waals surface area contributed by atoms with E-state index in [4.69, 9.17) is 0 Å². The van der Waals surface area contributed by atoms with Gasteiger partial charge in [0.1, 0.15) is 5.82 Å². The Morgan fingerprint density at radius 1 is 1.25 bits per heavy atom. The van der Waals surface area contributed by atoms with Crippen LogP contribution in [0.15, 0.2) is 64.3 Å². The summed E-state index contributed by atoms with van der Waals surface area (Å²) in [5, 5.41) is 2.55. The van der Waals surface area contributed by atoms with Gasteiger partial charge in [0.2, 0.25) is 0 Å². The van der Waals surface area contributed by atoms with Crippen molar-refractivity contribution in [3.05, 3.63) is 76.2 Å². The van der Waals surface area contributed by atoms with Crippen LogP contribution in [0.2, 0.25) is 0 Å². The van der Waals surface area contributed by atoms with Crippen LogP contribution in [0.4, 0.5) is 4.39 Å². The van der Waals surface area contributed by atoms with Gasteiger partial charge in [0.05, 0.1) is 11.4 Å². The van der Waals surface area contributed by atoms with Gasteiger partial charge >= 0.3 is 0 Å². The number of fused-ring (bicyclic) bond motifs is 1. The molecule has 0 saturated carbocycles. The van der Waals surface area contributed by atoms with Crippen molar-refractivity contribution in [2.45, 2.75) is 10.9 Å². The van der Waals surface area contributed by atoms with E-state index in [0.717, 1.165) is 0 Å². The second-order valence-electron chi connectivity index (χ2n) is 4.99. The van der Waals surface area contributed by atoms with Crippen molar-refractivity contribution in [2.75, 3.05) is 0 Å². The van der Waals surface area contributed by atoms with Crippen LogP contribution in [0.25, 0.3) is 10.6 Å². The summed E-state index contributed by atoms with van der Waals surface area (Å²) in [5.74, 6) is 0.214. The number of imidazole rings is 1. The Morgan fingerprint density at radius 2 is 2.17 bits per heavy atom. The maximum Gasteiger partial charge on any atom is 0.258 e. The molecule has 0 fully saturated rings. The first-order valence-corrected chi connectivity index (χ1v) is 8.95. The molecule has 4 rings (SSSR count). The summed E-state index contributed by atoms with van der Waals surface area (Å²) >= 11 is 2.87. The zero-order valence-electron chi connectivity index (χ0n) is 12.3. The van der Waals surface area contributed by atoms with Crippen LogP contribution in [-0.4, -0.2) is 18.9 Å². The lowest BCUT2D eigenvalue weighted by atomic mass is 10.3. The van der Waals surface area contributed by atoms with Gasteiger partial charge in [0, 0.05) is 35.8 Å². The molecule has 0 unspecified atom stereocenters. The fraction of sp³-hybridized carbons (Fsp3) is 0.0625. The lowest BCUT2D eigenvalue weighted by Gasteiger charge is -2.07. The maximum absolute atomic E-state index is 13.4. The molecule has 24 heavy (non-hydrogen) atoms. The molecule has 120 valence electrons. The van der Waals surface area contributed by atoms with Crippen LogP contribution in [0, 0.1) is 5.82 Å². The molecule has 0 spiro atoms. The van der Waals surface area contributed by atoms with Crippen LogP contribution >= 0.6 is 23.1 Å². The largest absolute Gasteiger partial charge is 0.295 e. The number of hydrogen-bond donors (Lipinski definition) is 0. The molecule has 0 radical (unpaired) electrons. The van der Waals surface area contributed by atoms with Gasteiger partial charge in [-0.15, -0.1) is 11.3 Å². The van der Waals surface area contributed by atoms with E-state index in [0.29, 0.717) is 27.3 Å². The van der Waals surface area contributed by atoms with E-state index in [2.05, 4.69) is 9.97 Å². The Balaban J connectivity index is 1.60. The third-order valence-corrected chi connectivity index (χ3v) is 5.16. The number of hydrogen-bond acceptors (Lipinski definition) is 5. The SMILES string of the molecule is O=c1cc(CSc2nccn2-c2cccc(F)c2)nc2sccn12. The summed E-state index contributed by atoms with van der Waals surface area (Å²) in [7, 11) is 0. The number of thiazole rings is 1. The van der Waals surface area contributed by atoms with Gasteiger partial charge in [0.15, 0.2) is 10.1 Å². The topological polar surface area (TPSA) is 52.2 Å². The summed E-state index contributed by atoms with van der Waals surface area (Å²) < 4.78 is 16.7. The summed E-state index contributed by atoms with van der Waals surface area (Å²) in [5.41, 5.74) is 1.31. The highest BCUT2D eigenvalue weighted by molar-refractivity contribution is 7.98. The van der Waals surface area contributed by atoms with Crippen molar-refractivity contribution in [3.8, 4) is 5.69 Å². The first-order valence-electron chi connectivity index (χ1n) is 7.08. The second kappa shape index (κ2) is 6.21. The van der Waals surface area contributed by atoms with Crippen molar-refractivity contribution >= 4 is 28.1 Å². The molecule has 4 aromatic rings. The molecule has 8 heteroatoms. The molecule has 0 saturated heterocycles. The Hall–Kier alpha value is -2.45. The summed E-state index contributed by atoms with van der Waals surface area (Å²) in [6.45, 7) is 0. The highest BCUT2D eigenvalue weighted by Gasteiger charge is 2.09. The minimum Gasteiger partial charge on any atom is -0.295 e. The molecular formula is C16H11FN4OS2. The molecular weight excluding hydrogens is 347 g/mol. The first kappa shape index (κ1) is 15.1. The van der Waals surface area contributed by atoms with E-state index in [-0.39, 0.29) is 11.4 Å². The molecule has 1 aromatic carbocycles. The number of halogens is 1. The van der Waals surface area contributed by atoms with Crippen molar-refractivity contribution < 1.29 is 4.39 Å². The van der Waals surface area contributed by atoms with Crippen molar-refractivity contribution in [3.63, 3.8) is 0 Å². The lowest BCUT2D eigenvalue weighted by Crippen LogP contribution is -2.12. The fourth-order valence-electron chi connectivity index (χ4n) is 2.32. The fourth-order valence-corrected chi connectivity index (χ4v) is 3.92. The number of benzene rings is 1. The van der Waals surface area contributed by atoms with Gasteiger partial charge in [-0.2, -0.15) is 0 Å². The van der Waals surface area contributed by atoms with Gasteiger partial charge < -0.3 is 0 Å². The first-order chi connectivity index (χ1) is 11.7. The average Bonchev–Trinajstić information content (AvgIpc) is 3.22. The van der Waals surface area contributed by atoms with Gasteiger partial charge in [0.25, 0.3) is 5.56 Å². The van der Waals surface area contributed by atoms with Crippen LogP contribution in [-0.2, 0) is 5.75 Å². The van der Waals surface area contributed by atoms with E-state index in [1.165, 1.54) is 45.7 Å². The normalized spacial score (nSPS) is 11.2. The molecule has 5 nitrogen and oxygen atoms in total. The van der Waals surface area contributed by atoms with Crippen LogP contribution in [0.1, 0.15) is 5.69 Å². The Bertz CT molecular complexity index is 1070. The van der Waals surface area contributed by atoms with Crippen LogP contribution in [0.3, 0.4) is 0 Å². The second-order valence-corrected chi connectivity index (χ2v) is 6.81. The third kappa shape index (κ3) is 2.85. The predicted molar refractivity (Wildman–Crippen MR) is 92.4 cm³/mol. The number of aromatic nitrogens is 4. The Kier molecular flexibility index (Phi) is 3.91. The van der Waals surface area contributed by atoms with E-state index in [9.17, 15) is 9.18 Å². The molecule has 3 heterocycles. The zero-order chi connectivity index (χ0) is 16.5. The van der Waals surface area contributed by atoms with Crippen molar-refractivity contribution in [1.82, 2.24) is 18.9 Å². The predicted octanol–water partition coefficient (Wildman–Crippen LogP) is 3.37. The van der Waals surface area contributed by atoms with Gasteiger partial charge in [-0.1, -0.05) is 17.8 Å². The highest BCUT2D eigenvalue weighted by Crippen LogP contribution is 2.24. The highest BCUT2D eigenvalue weighted by atomic mass is 32.2. The number of rotatable bonds is 4. The van der Waals surface area contributed by atoms with Crippen LogP contribution < -0.4 is 5.56 Å². The molecule has 3 aromatic heterocycles. The number of thioether (sulfide) groups is 1. The van der Waals surface area contributed by atoms with E-state index in [1.807, 2.05) is 16.0 Å². The van der Waals surface area contributed by atoms with E-state index in [1.54, 1.807) is 24.7 Å². The van der Waals surface area contributed by atoms with E-state index < -0.39 is 0 Å². The van der Waals surface area contributed by atoms with Gasteiger partial charge in [-0.05, 0) is 18.2 Å². The standard InChI is InChI=1S/C16H11FN4OS2/c17-11-2-1-3-13(8-11)20-5-4-18-15(20)24-10-12-9-14(22)21-6-7-23-16(21)19-12/h1-9H,10H2. The summed E-state index contributed by atoms with van der Waals surface area (Å²) in [6.07, 6.45) is 5.16. The molecule has 0 N–H and O–H groups in total. The smallest absolute Gasteiger partial charge is 0.258 e. The van der Waals surface area contributed by atoms with Gasteiger partial charge in [-0.3, -0.25) is 13.8 Å². The Labute approximate surface area is 144 Å². The Morgan fingerprint density at radius 3 is 3.04 bits per heavy atom. The molecule has 0 atom stereocenters. The lowest BCUT2D eigenvalue weighted by molar-refractivity contribution is 0.626. The third-order valence-electron chi connectivity index (χ3n) is 3.40. The summed E-state index contributed by atoms with van der Waals surface area (Å²) in [6, 6.07) is 7.86. The summed E-state index contributed by atoms with van der Waals surface area (Å²) in [4.78, 5) is 21.5. The molecule has 0 bridgehead atoms.